The van der Waals surface area contributed by atoms with E-state index in [2.05, 4.69) is 4.98 Å². The topological polar surface area (TPSA) is 98.6 Å². The summed E-state index contributed by atoms with van der Waals surface area (Å²) in [6.45, 7) is 4.13. The molecule has 3 rings (SSSR count). The van der Waals surface area contributed by atoms with Gasteiger partial charge >= 0.3 is 5.97 Å². The quantitative estimate of drug-likeness (QED) is 0.777. The van der Waals surface area contributed by atoms with Crippen LogP contribution in [0.5, 0.6) is 0 Å². The van der Waals surface area contributed by atoms with Gasteiger partial charge in [0.05, 0.1) is 5.39 Å². The van der Waals surface area contributed by atoms with Crippen LogP contribution in [0.25, 0.3) is 11.0 Å². The molecule has 0 bridgehead atoms. The van der Waals surface area contributed by atoms with Gasteiger partial charge in [-0.25, -0.2) is 9.78 Å². The number of hydrogen-bond donors (Lipinski definition) is 0. The van der Waals surface area contributed by atoms with E-state index < -0.39 is 23.2 Å². The smallest absolute Gasteiger partial charge is 0.332 e. The minimum Gasteiger partial charge on any atom is -0.332 e. The molecule has 1 fully saturated rings. The number of carbonyl (C=O) groups is 3. The van der Waals surface area contributed by atoms with Gasteiger partial charge in [-0.2, -0.15) is 0 Å². The first-order valence-corrected chi connectivity index (χ1v) is 7.51. The number of aromatic nitrogens is 2. The van der Waals surface area contributed by atoms with Crippen molar-refractivity contribution >= 4 is 28.8 Å². The lowest BCUT2D eigenvalue weighted by molar-refractivity contribution is -0.172. The number of aryl methyl sites for hydroxylation is 2. The molecule has 2 aromatic rings. The highest BCUT2D eigenvalue weighted by Gasteiger charge is 2.34. The van der Waals surface area contributed by atoms with Crippen molar-refractivity contribution in [2.75, 3.05) is 0 Å². The highest BCUT2D eigenvalue weighted by molar-refractivity contribution is 6.03. The number of nitrogens with zero attached hydrogens (tertiary/aromatic N) is 3. The third kappa shape index (κ3) is 2.55. The molecular formula is C16H15N3O5. The summed E-state index contributed by atoms with van der Waals surface area (Å²) in [6.07, 6.45) is 1.32. The van der Waals surface area contributed by atoms with Gasteiger partial charge in [-0.3, -0.25) is 14.4 Å². The first-order valence-electron chi connectivity index (χ1n) is 7.51. The monoisotopic (exact) mass is 329 g/mol. The second kappa shape index (κ2) is 5.88. The van der Waals surface area contributed by atoms with Crippen LogP contribution < -0.4 is 5.43 Å². The van der Waals surface area contributed by atoms with Gasteiger partial charge < -0.3 is 9.40 Å². The van der Waals surface area contributed by atoms with E-state index in [-0.39, 0.29) is 23.8 Å². The van der Waals surface area contributed by atoms with Gasteiger partial charge in [-0.15, -0.1) is 5.06 Å². The molecule has 8 heteroatoms. The third-order valence-electron chi connectivity index (χ3n) is 3.80. The summed E-state index contributed by atoms with van der Waals surface area (Å²) in [5.74, 6) is -2.22. The van der Waals surface area contributed by atoms with Gasteiger partial charge in [0.2, 0.25) is 5.43 Å². The van der Waals surface area contributed by atoms with Crippen LogP contribution in [0.2, 0.25) is 0 Å². The number of hydrogen-bond acceptors (Lipinski definition) is 6. The Morgan fingerprint density at radius 3 is 2.50 bits per heavy atom. The summed E-state index contributed by atoms with van der Waals surface area (Å²) in [5, 5.41) is 0.700. The summed E-state index contributed by atoms with van der Waals surface area (Å²) in [7, 11) is 0. The van der Waals surface area contributed by atoms with Crippen molar-refractivity contribution in [2.45, 2.75) is 33.2 Å². The number of amides is 2. The minimum atomic E-state index is -1.03. The second-order valence-electron chi connectivity index (χ2n) is 5.44. The Hall–Kier alpha value is -3.03. The number of rotatable bonds is 3. The van der Waals surface area contributed by atoms with Gasteiger partial charge in [0.1, 0.15) is 11.2 Å². The Kier molecular flexibility index (Phi) is 3.88. The molecule has 0 aliphatic carbocycles. The maximum Gasteiger partial charge on any atom is 0.369 e. The average molecular weight is 329 g/mol. The fraction of sp³-hybridized carbons (Fsp3) is 0.312. The van der Waals surface area contributed by atoms with Gasteiger partial charge in [0.15, 0.2) is 0 Å². The molecule has 0 N–H and O–H groups in total. The average Bonchev–Trinajstić information content (AvgIpc) is 2.87. The fourth-order valence-corrected chi connectivity index (χ4v) is 2.54. The predicted octanol–water partition coefficient (Wildman–Crippen LogP) is 0.946. The molecule has 0 unspecified atom stereocenters. The Morgan fingerprint density at radius 1 is 1.21 bits per heavy atom. The van der Waals surface area contributed by atoms with Gasteiger partial charge in [0.25, 0.3) is 11.8 Å². The lowest BCUT2D eigenvalue weighted by Crippen LogP contribution is -2.34. The van der Waals surface area contributed by atoms with Crippen molar-refractivity contribution in [1.29, 1.82) is 0 Å². The molecule has 1 aliphatic rings. The molecular weight excluding hydrogens is 314 g/mol. The first-order chi connectivity index (χ1) is 11.4. The molecule has 0 saturated carbocycles. The zero-order valence-corrected chi connectivity index (χ0v) is 13.2. The number of carbonyl (C=O) groups excluding carboxylic acids is 3. The zero-order valence-electron chi connectivity index (χ0n) is 13.2. The number of pyridine rings is 2. The highest BCUT2D eigenvalue weighted by Crippen LogP contribution is 2.15. The van der Waals surface area contributed by atoms with E-state index in [9.17, 15) is 19.2 Å². The van der Waals surface area contributed by atoms with E-state index in [0.717, 1.165) is 5.69 Å². The Balaban J connectivity index is 2.06. The molecule has 2 amide bonds. The van der Waals surface area contributed by atoms with Crippen molar-refractivity contribution < 1.29 is 19.2 Å². The van der Waals surface area contributed by atoms with Crippen molar-refractivity contribution in [3.8, 4) is 0 Å². The lowest BCUT2D eigenvalue weighted by atomic mass is 10.2. The van der Waals surface area contributed by atoms with Gasteiger partial charge in [-0.05, 0) is 26.0 Å². The number of hydroxylamine groups is 2. The summed E-state index contributed by atoms with van der Waals surface area (Å²) in [6, 6.07) is 3.27. The lowest BCUT2D eigenvalue weighted by Gasteiger charge is -2.14. The molecule has 1 aliphatic heterocycles. The van der Waals surface area contributed by atoms with Crippen molar-refractivity contribution in [1.82, 2.24) is 14.6 Å². The molecule has 0 spiro atoms. The highest BCUT2D eigenvalue weighted by atomic mass is 16.7. The van der Waals surface area contributed by atoms with Crippen LogP contribution in [0.15, 0.2) is 23.1 Å². The summed E-state index contributed by atoms with van der Waals surface area (Å²) in [5.41, 5.74) is 0.411. The number of imide groups is 1. The molecule has 0 atom stereocenters. The standard InChI is InChI=1S/C16H15N3O5/c1-3-18-8-11(14(22)10-5-4-9(2)17-15(10)18)16(23)24-19-12(20)6-7-13(19)21/h4-5,8H,3,6-7H2,1-2H3. The van der Waals surface area contributed by atoms with Gasteiger partial charge in [0, 0.05) is 31.3 Å². The summed E-state index contributed by atoms with van der Waals surface area (Å²) in [4.78, 5) is 57.1. The molecule has 1 saturated heterocycles. The normalized spacial score (nSPS) is 14.5. The van der Waals surface area contributed by atoms with E-state index in [0.29, 0.717) is 17.3 Å². The molecule has 8 nitrogen and oxygen atoms in total. The minimum absolute atomic E-state index is 0.00772. The van der Waals surface area contributed by atoms with Crippen LogP contribution in [-0.4, -0.2) is 32.4 Å². The summed E-state index contributed by atoms with van der Waals surface area (Å²) >= 11 is 0. The summed E-state index contributed by atoms with van der Waals surface area (Å²) < 4.78 is 1.65. The van der Waals surface area contributed by atoms with Crippen LogP contribution in [-0.2, 0) is 21.0 Å². The molecule has 2 aromatic heterocycles. The maximum atomic E-state index is 12.5. The first kappa shape index (κ1) is 15.9. The molecule has 124 valence electrons. The third-order valence-corrected chi connectivity index (χ3v) is 3.80. The van der Waals surface area contributed by atoms with Crippen molar-refractivity contribution in [3.05, 3.63) is 39.8 Å². The van der Waals surface area contributed by atoms with Crippen molar-refractivity contribution in [2.24, 2.45) is 0 Å². The Bertz CT molecular complexity index is 915. The van der Waals surface area contributed by atoms with E-state index in [1.165, 1.54) is 6.20 Å². The molecule has 0 radical (unpaired) electrons. The van der Waals surface area contributed by atoms with Crippen LogP contribution >= 0.6 is 0 Å². The largest absolute Gasteiger partial charge is 0.369 e. The molecule has 0 aromatic carbocycles. The molecule has 24 heavy (non-hydrogen) atoms. The van der Waals surface area contributed by atoms with E-state index >= 15 is 0 Å². The fourth-order valence-electron chi connectivity index (χ4n) is 2.54. The van der Waals surface area contributed by atoms with Crippen LogP contribution in [0.3, 0.4) is 0 Å². The SMILES string of the molecule is CCn1cc(C(=O)ON2C(=O)CCC2=O)c(=O)c2ccc(C)nc21. The van der Waals surface area contributed by atoms with Crippen molar-refractivity contribution in [3.63, 3.8) is 0 Å². The van der Waals surface area contributed by atoms with E-state index in [1.807, 2.05) is 6.92 Å². The Morgan fingerprint density at radius 2 is 1.88 bits per heavy atom. The number of fused-ring (bicyclic) bond motifs is 1. The second-order valence-corrected chi connectivity index (χ2v) is 5.44. The Labute approximate surface area is 136 Å². The zero-order chi connectivity index (χ0) is 17.4. The maximum absolute atomic E-state index is 12.5. The van der Waals surface area contributed by atoms with Gasteiger partial charge in [-0.1, -0.05) is 0 Å². The van der Waals surface area contributed by atoms with Crippen LogP contribution in [0.4, 0.5) is 0 Å². The predicted molar refractivity (Wildman–Crippen MR) is 82.9 cm³/mol. The van der Waals surface area contributed by atoms with Crippen LogP contribution in [0.1, 0.15) is 35.8 Å². The van der Waals surface area contributed by atoms with Crippen LogP contribution in [0, 0.1) is 6.92 Å². The van der Waals surface area contributed by atoms with E-state index in [1.54, 1.807) is 23.6 Å². The molecule has 3 heterocycles. The van der Waals surface area contributed by atoms with E-state index in [4.69, 9.17) is 4.84 Å².